The zero-order valence-electron chi connectivity index (χ0n) is 24.5. The van der Waals surface area contributed by atoms with Gasteiger partial charge in [-0.3, -0.25) is 9.35 Å². The Hall–Kier alpha value is -2.88. The van der Waals surface area contributed by atoms with Crippen LogP contribution in [-0.2, 0) is 37.9 Å². The first kappa shape index (κ1) is 30.1. The molecular weight excluding hydrogens is 530 g/mol. The topological polar surface area (TPSA) is 122 Å². The van der Waals surface area contributed by atoms with E-state index >= 15 is 0 Å². The highest BCUT2D eigenvalue weighted by Crippen LogP contribution is 2.44. The summed E-state index contributed by atoms with van der Waals surface area (Å²) in [6.07, 6.45) is 2.60. The van der Waals surface area contributed by atoms with Gasteiger partial charge in [0.25, 0.3) is 16.0 Å². The third-order valence-electron chi connectivity index (χ3n) is 9.00. The van der Waals surface area contributed by atoms with Crippen LogP contribution in [0.1, 0.15) is 73.9 Å². The van der Waals surface area contributed by atoms with Gasteiger partial charge in [-0.05, 0) is 93.8 Å². The monoisotopic (exact) mass is 571 g/mol. The first-order chi connectivity index (χ1) is 18.6. The van der Waals surface area contributed by atoms with E-state index in [-0.39, 0.29) is 16.2 Å². The van der Waals surface area contributed by atoms with Crippen LogP contribution in [0.2, 0.25) is 0 Å². The van der Waals surface area contributed by atoms with Gasteiger partial charge in [-0.2, -0.15) is 8.42 Å². The SMILES string of the molecule is CC1=C(CCOCCNC(=O)C2(C)CCc3c(C)c(O)c(C)c(C)c3O2)Cc2ccc(S(=O)(=O)O)cc2C1(C)C. The summed E-state index contributed by atoms with van der Waals surface area (Å²) in [5, 5.41) is 13.3. The van der Waals surface area contributed by atoms with Gasteiger partial charge >= 0.3 is 0 Å². The number of amides is 1. The van der Waals surface area contributed by atoms with Crippen molar-refractivity contribution in [2.24, 2.45) is 0 Å². The van der Waals surface area contributed by atoms with E-state index in [0.29, 0.717) is 50.5 Å². The number of carbonyl (C=O) groups is 1. The lowest BCUT2D eigenvalue weighted by Gasteiger charge is -2.36. The number of aromatic hydroxyl groups is 1. The van der Waals surface area contributed by atoms with Crippen LogP contribution in [0.3, 0.4) is 0 Å². The van der Waals surface area contributed by atoms with E-state index in [1.54, 1.807) is 19.1 Å². The summed E-state index contributed by atoms with van der Waals surface area (Å²) in [5.41, 5.74) is 6.40. The van der Waals surface area contributed by atoms with Crippen LogP contribution in [0.15, 0.2) is 34.2 Å². The fourth-order valence-electron chi connectivity index (χ4n) is 5.86. The first-order valence-electron chi connectivity index (χ1n) is 13.7. The second kappa shape index (κ2) is 10.8. The molecule has 1 heterocycles. The van der Waals surface area contributed by atoms with Crippen molar-refractivity contribution < 1.29 is 32.3 Å². The summed E-state index contributed by atoms with van der Waals surface area (Å²) in [5.74, 6) is 0.809. The largest absolute Gasteiger partial charge is 0.507 e. The van der Waals surface area contributed by atoms with E-state index in [1.165, 1.54) is 17.2 Å². The average Bonchev–Trinajstić information content (AvgIpc) is 2.90. The molecule has 40 heavy (non-hydrogen) atoms. The zero-order chi connectivity index (χ0) is 29.6. The molecule has 0 saturated heterocycles. The van der Waals surface area contributed by atoms with Crippen LogP contribution in [-0.4, -0.2) is 49.3 Å². The average molecular weight is 572 g/mol. The maximum atomic E-state index is 13.1. The summed E-state index contributed by atoms with van der Waals surface area (Å²) >= 11 is 0. The van der Waals surface area contributed by atoms with Crippen molar-refractivity contribution in [3.05, 3.63) is 62.7 Å². The second-order valence-corrected chi connectivity index (χ2v) is 13.2. The molecule has 1 unspecified atom stereocenters. The lowest BCUT2D eigenvalue weighted by molar-refractivity contribution is -0.137. The number of rotatable bonds is 8. The lowest BCUT2D eigenvalue weighted by atomic mass is 9.69. The summed E-state index contributed by atoms with van der Waals surface area (Å²) in [7, 11) is -4.26. The Morgan fingerprint density at radius 3 is 2.45 bits per heavy atom. The van der Waals surface area contributed by atoms with Crippen LogP contribution in [0.4, 0.5) is 0 Å². The van der Waals surface area contributed by atoms with Gasteiger partial charge in [0.05, 0.1) is 18.1 Å². The molecule has 218 valence electrons. The van der Waals surface area contributed by atoms with Crippen LogP contribution in [0.5, 0.6) is 11.5 Å². The minimum Gasteiger partial charge on any atom is -0.507 e. The van der Waals surface area contributed by atoms with Gasteiger partial charge in [0.15, 0.2) is 5.60 Å². The van der Waals surface area contributed by atoms with Gasteiger partial charge in [-0.25, -0.2) is 0 Å². The van der Waals surface area contributed by atoms with Crippen molar-refractivity contribution in [1.82, 2.24) is 5.32 Å². The summed E-state index contributed by atoms with van der Waals surface area (Å²) in [6.45, 7) is 14.9. The van der Waals surface area contributed by atoms with E-state index < -0.39 is 15.7 Å². The summed E-state index contributed by atoms with van der Waals surface area (Å²) < 4.78 is 44.9. The quantitative estimate of drug-likeness (QED) is 0.231. The molecule has 2 aliphatic rings. The standard InChI is InChI=1S/C31H41NO7S/c1-18-19(2)28-25(20(3)27(18)33)10-12-31(7,39-28)29(34)32-13-15-38-14-11-22-16-23-8-9-24(40(35,36)37)17-26(23)30(5,6)21(22)4/h8-9,17,33H,10-16H2,1-7H3,(H,32,34)(H,35,36,37). The number of phenols is 1. The highest BCUT2D eigenvalue weighted by Gasteiger charge is 2.40. The van der Waals surface area contributed by atoms with Gasteiger partial charge in [-0.15, -0.1) is 0 Å². The highest BCUT2D eigenvalue weighted by atomic mass is 32.2. The number of hydrogen-bond acceptors (Lipinski definition) is 6. The van der Waals surface area contributed by atoms with Crippen molar-refractivity contribution in [3.8, 4) is 11.5 Å². The molecule has 0 radical (unpaired) electrons. The van der Waals surface area contributed by atoms with Crippen molar-refractivity contribution in [3.63, 3.8) is 0 Å². The van der Waals surface area contributed by atoms with Crippen LogP contribution < -0.4 is 10.1 Å². The number of nitrogens with one attached hydrogen (secondary N) is 1. The fourth-order valence-corrected chi connectivity index (χ4v) is 6.37. The maximum absolute atomic E-state index is 13.1. The van der Waals surface area contributed by atoms with Gasteiger partial charge in [0, 0.05) is 23.9 Å². The van der Waals surface area contributed by atoms with E-state index in [4.69, 9.17) is 9.47 Å². The molecule has 8 nitrogen and oxygen atoms in total. The smallest absolute Gasteiger partial charge is 0.294 e. The number of benzene rings is 2. The Labute approximate surface area is 237 Å². The predicted molar refractivity (Wildman–Crippen MR) is 154 cm³/mol. The molecule has 0 saturated carbocycles. The van der Waals surface area contributed by atoms with Gasteiger partial charge in [-0.1, -0.05) is 31.1 Å². The molecule has 0 fully saturated rings. The Kier molecular flexibility index (Phi) is 8.15. The van der Waals surface area contributed by atoms with Crippen LogP contribution in [0.25, 0.3) is 0 Å². The Balaban J connectivity index is 1.30. The zero-order valence-corrected chi connectivity index (χ0v) is 25.3. The fraction of sp³-hybridized carbons (Fsp3) is 0.516. The molecule has 1 aliphatic heterocycles. The van der Waals surface area contributed by atoms with Gasteiger partial charge in [0.2, 0.25) is 0 Å². The summed E-state index contributed by atoms with van der Waals surface area (Å²) in [4.78, 5) is 13.0. The molecule has 0 bridgehead atoms. The van der Waals surface area contributed by atoms with Crippen LogP contribution in [0, 0.1) is 20.8 Å². The molecule has 2 aromatic rings. The van der Waals surface area contributed by atoms with Crippen LogP contribution >= 0.6 is 0 Å². The number of hydrogen-bond donors (Lipinski definition) is 3. The van der Waals surface area contributed by atoms with Crippen molar-refractivity contribution in [1.29, 1.82) is 0 Å². The molecular formula is C31H41NO7S. The summed E-state index contributed by atoms with van der Waals surface area (Å²) in [6, 6.07) is 4.80. The molecule has 0 aromatic heterocycles. The van der Waals surface area contributed by atoms with E-state index in [1.807, 2.05) is 20.8 Å². The molecule has 9 heteroatoms. The maximum Gasteiger partial charge on any atom is 0.294 e. The minimum absolute atomic E-state index is 0.0858. The normalized spacial score (nSPS) is 20.0. The number of ether oxygens (including phenoxy) is 2. The molecule has 1 aliphatic carbocycles. The van der Waals surface area contributed by atoms with Gasteiger partial charge < -0.3 is 19.9 Å². The molecule has 0 spiro atoms. The number of carbonyl (C=O) groups excluding carboxylic acids is 1. The number of fused-ring (bicyclic) bond motifs is 2. The van der Waals surface area contributed by atoms with Gasteiger partial charge in [0.1, 0.15) is 11.5 Å². The minimum atomic E-state index is -4.26. The van der Waals surface area contributed by atoms with Crippen molar-refractivity contribution in [2.45, 2.75) is 90.1 Å². The van der Waals surface area contributed by atoms with E-state index in [0.717, 1.165) is 39.8 Å². The van der Waals surface area contributed by atoms with E-state index in [2.05, 4.69) is 26.1 Å². The van der Waals surface area contributed by atoms with E-state index in [9.17, 15) is 22.9 Å². The van der Waals surface area contributed by atoms with Crippen molar-refractivity contribution >= 4 is 16.0 Å². The third-order valence-corrected chi connectivity index (χ3v) is 9.85. The molecule has 1 atom stereocenters. The van der Waals surface area contributed by atoms with Crippen molar-refractivity contribution in [2.75, 3.05) is 19.8 Å². The Morgan fingerprint density at radius 1 is 1.07 bits per heavy atom. The second-order valence-electron chi connectivity index (χ2n) is 11.8. The Morgan fingerprint density at radius 2 is 1.77 bits per heavy atom. The predicted octanol–water partition coefficient (Wildman–Crippen LogP) is 5.02. The Bertz CT molecular complexity index is 1490. The molecule has 4 rings (SSSR count). The lowest BCUT2D eigenvalue weighted by Crippen LogP contribution is -2.51. The highest BCUT2D eigenvalue weighted by molar-refractivity contribution is 7.85. The molecule has 3 N–H and O–H groups in total. The number of allylic oxidation sites excluding steroid dienone is 1. The molecule has 1 amide bonds. The first-order valence-corrected chi connectivity index (χ1v) is 15.2. The third kappa shape index (κ3) is 5.51. The molecule has 2 aromatic carbocycles. The number of phenolic OH excluding ortho intramolecular Hbond substituents is 1.